The van der Waals surface area contributed by atoms with Crippen molar-refractivity contribution >= 4 is 11.5 Å². The maximum atomic E-state index is 8.99. The van der Waals surface area contributed by atoms with Gasteiger partial charge in [0.05, 0.1) is 12.3 Å². The standard InChI is InChI=1S/C16H25N3O2/c1-11(10-20)21-13-7-5-6-12(8-13)19-15(18)9-14(17)16(2,3)4/h5-9,11,20H,10,17H2,1-4H3,(H2,18,19)/t11-/m0/s1. The molecule has 0 amide bonds. The molecule has 0 unspecified atom stereocenters. The first kappa shape index (κ1) is 17.0. The van der Waals surface area contributed by atoms with Crippen molar-refractivity contribution in [2.24, 2.45) is 21.9 Å². The first-order valence-corrected chi connectivity index (χ1v) is 6.91. The van der Waals surface area contributed by atoms with Gasteiger partial charge in [-0.05, 0) is 25.1 Å². The molecule has 1 atom stereocenters. The van der Waals surface area contributed by atoms with Gasteiger partial charge >= 0.3 is 0 Å². The minimum Gasteiger partial charge on any atom is -0.488 e. The lowest BCUT2D eigenvalue weighted by atomic mass is 9.92. The molecule has 0 aliphatic heterocycles. The number of aliphatic hydroxyl groups is 1. The molecule has 0 aromatic heterocycles. The van der Waals surface area contributed by atoms with Crippen LogP contribution >= 0.6 is 0 Å². The summed E-state index contributed by atoms with van der Waals surface area (Å²) in [6, 6.07) is 7.22. The van der Waals surface area contributed by atoms with Gasteiger partial charge < -0.3 is 21.3 Å². The van der Waals surface area contributed by atoms with Crippen LogP contribution in [0.1, 0.15) is 27.7 Å². The molecule has 0 saturated heterocycles. The molecule has 5 heteroatoms. The first-order chi connectivity index (χ1) is 9.72. The Labute approximate surface area is 126 Å². The SMILES string of the molecule is C[C@@H](CO)Oc1cccc(N=C(N)C=C(N)C(C)(C)C)c1. The van der Waals surface area contributed by atoms with Gasteiger partial charge in [0.1, 0.15) is 17.7 Å². The number of aliphatic imine (C=N–C) groups is 1. The fraction of sp³-hybridized carbons (Fsp3) is 0.438. The second-order valence-corrected chi connectivity index (χ2v) is 5.99. The van der Waals surface area contributed by atoms with Gasteiger partial charge in [0.25, 0.3) is 0 Å². The molecule has 1 rings (SSSR count). The molecular weight excluding hydrogens is 266 g/mol. The number of nitrogens with two attached hydrogens (primary N) is 2. The molecule has 1 aromatic rings. The number of hydrogen-bond donors (Lipinski definition) is 3. The topological polar surface area (TPSA) is 93.9 Å². The molecule has 0 heterocycles. The smallest absolute Gasteiger partial charge is 0.125 e. The lowest BCUT2D eigenvalue weighted by Crippen LogP contribution is -2.20. The molecule has 0 spiro atoms. The Kier molecular flexibility index (Phi) is 5.79. The van der Waals surface area contributed by atoms with Gasteiger partial charge in [0, 0.05) is 17.2 Å². The van der Waals surface area contributed by atoms with Crippen LogP contribution in [-0.2, 0) is 0 Å². The van der Waals surface area contributed by atoms with Crippen molar-refractivity contribution < 1.29 is 9.84 Å². The average Bonchev–Trinajstić information content (AvgIpc) is 2.37. The van der Waals surface area contributed by atoms with Gasteiger partial charge in [-0.3, -0.25) is 0 Å². The molecule has 0 aliphatic carbocycles. The maximum Gasteiger partial charge on any atom is 0.125 e. The molecule has 5 N–H and O–H groups in total. The van der Waals surface area contributed by atoms with Crippen LogP contribution in [0.5, 0.6) is 5.75 Å². The predicted octanol–water partition coefficient (Wildman–Crippen LogP) is 2.32. The van der Waals surface area contributed by atoms with Crippen molar-refractivity contribution in [2.75, 3.05) is 6.61 Å². The van der Waals surface area contributed by atoms with Crippen LogP contribution < -0.4 is 16.2 Å². The highest BCUT2D eigenvalue weighted by Crippen LogP contribution is 2.22. The van der Waals surface area contributed by atoms with Crippen molar-refractivity contribution in [1.29, 1.82) is 0 Å². The van der Waals surface area contributed by atoms with Crippen LogP contribution in [0.4, 0.5) is 5.69 Å². The molecule has 5 nitrogen and oxygen atoms in total. The number of nitrogens with zero attached hydrogens (tertiary/aromatic N) is 1. The zero-order valence-electron chi connectivity index (χ0n) is 13.1. The Morgan fingerprint density at radius 1 is 1.38 bits per heavy atom. The third kappa shape index (κ3) is 5.87. The van der Waals surface area contributed by atoms with Crippen LogP contribution in [0.2, 0.25) is 0 Å². The van der Waals surface area contributed by atoms with Crippen molar-refractivity contribution in [3.8, 4) is 5.75 Å². The summed E-state index contributed by atoms with van der Waals surface area (Å²) in [5, 5.41) is 8.99. The van der Waals surface area contributed by atoms with E-state index in [1.807, 2.05) is 32.9 Å². The van der Waals surface area contributed by atoms with E-state index in [0.717, 1.165) is 0 Å². The number of aliphatic hydroxyl groups excluding tert-OH is 1. The van der Waals surface area contributed by atoms with E-state index in [1.54, 1.807) is 25.1 Å². The average molecular weight is 291 g/mol. The first-order valence-electron chi connectivity index (χ1n) is 6.91. The van der Waals surface area contributed by atoms with Crippen LogP contribution in [0.3, 0.4) is 0 Å². The second kappa shape index (κ2) is 7.13. The molecule has 21 heavy (non-hydrogen) atoms. The maximum absolute atomic E-state index is 8.99. The molecule has 1 aromatic carbocycles. The third-order valence-electron chi connectivity index (χ3n) is 2.84. The molecular formula is C16H25N3O2. The van der Waals surface area contributed by atoms with E-state index in [9.17, 15) is 0 Å². The highest BCUT2D eigenvalue weighted by Gasteiger charge is 2.13. The number of rotatable bonds is 5. The monoisotopic (exact) mass is 291 g/mol. The number of hydrogen-bond acceptors (Lipinski definition) is 4. The van der Waals surface area contributed by atoms with Crippen LogP contribution in [0, 0.1) is 5.41 Å². The molecule has 0 radical (unpaired) electrons. The fourth-order valence-electron chi connectivity index (χ4n) is 1.45. The summed E-state index contributed by atoms with van der Waals surface area (Å²) in [6.45, 7) is 7.78. The molecule has 0 aliphatic rings. The minimum absolute atomic E-state index is 0.0412. The van der Waals surface area contributed by atoms with E-state index in [2.05, 4.69) is 4.99 Å². The number of allylic oxidation sites excluding steroid dienone is 1. The Hall–Kier alpha value is -2.01. The molecule has 0 fully saturated rings. The van der Waals surface area contributed by atoms with E-state index in [1.165, 1.54) is 0 Å². The summed E-state index contributed by atoms with van der Waals surface area (Å²) in [7, 11) is 0. The summed E-state index contributed by atoms with van der Waals surface area (Å²) in [5.74, 6) is 0.980. The van der Waals surface area contributed by atoms with E-state index < -0.39 is 0 Å². The van der Waals surface area contributed by atoms with Gasteiger partial charge in [0.15, 0.2) is 0 Å². The van der Waals surface area contributed by atoms with Gasteiger partial charge in [-0.25, -0.2) is 4.99 Å². The number of amidine groups is 1. The van der Waals surface area contributed by atoms with Crippen molar-refractivity contribution in [2.45, 2.75) is 33.8 Å². The lowest BCUT2D eigenvalue weighted by molar-refractivity contribution is 0.130. The van der Waals surface area contributed by atoms with Crippen molar-refractivity contribution in [3.63, 3.8) is 0 Å². The Bertz CT molecular complexity index is 531. The summed E-state index contributed by atoms with van der Waals surface area (Å²) >= 11 is 0. The highest BCUT2D eigenvalue weighted by atomic mass is 16.5. The van der Waals surface area contributed by atoms with Crippen LogP contribution in [0.25, 0.3) is 0 Å². The van der Waals surface area contributed by atoms with Crippen LogP contribution in [-0.4, -0.2) is 23.7 Å². The quantitative estimate of drug-likeness (QED) is 0.573. The minimum atomic E-state index is -0.266. The Morgan fingerprint density at radius 3 is 2.62 bits per heavy atom. The van der Waals surface area contributed by atoms with E-state index in [0.29, 0.717) is 23.0 Å². The van der Waals surface area contributed by atoms with Gasteiger partial charge in [-0.2, -0.15) is 0 Å². The van der Waals surface area contributed by atoms with Crippen LogP contribution in [0.15, 0.2) is 41.0 Å². The zero-order chi connectivity index (χ0) is 16.0. The Morgan fingerprint density at radius 2 is 2.05 bits per heavy atom. The summed E-state index contributed by atoms with van der Waals surface area (Å²) in [5.41, 5.74) is 13.1. The van der Waals surface area contributed by atoms with E-state index in [4.69, 9.17) is 21.3 Å². The second-order valence-electron chi connectivity index (χ2n) is 5.99. The third-order valence-corrected chi connectivity index (χ3v) is 2.84. The highest BCUT2D eigenvalue weighted by molar-refractivity contribution is 5.94. The normalized spacial score (nSPS) is 14.9. The van der Waals surface area contributed by atoms with E-state index in [-0.39, 0.29) is 18.1 Å². The molecule has 0 saturated carbocycles. The fourth-order valence-corrected chi connectivity index (χ4v) is 1.45. The summed E-state index contributed by atoms with van der Waals surface area (Å²) in [6.07, 6.45) is 1.40. The largest absolute Gasteiger partial charge is 0.488 e. The zero-order valence-corrected chi connectivity index (χ0v) is 13.1. The predicted molar refractivity (Wildman–Crippen MR) is 86.6 cm³/mol. The summed E-state index contributed by atoms with van der Waals surface area (Å²) in [4.78, 5) is 4.30. The van der Waals surface area contributed by atoms with Gasteiger partial charge in [0.2, 0.25) is 0 Å². The lowest BCUT2D eigenvalue weighted by Gasteiger charge is -2.18. The van der Waals surface area contributed by atoms with Gasteiger partial charge in [-0.15, -0.1) is 0 Å². The van der Waals surface area contributed by atoms with E-state index >= 15 is 0 Å². The Balaban J connectivity index is 2.91. The van der Waals surface area contributed by atoms with Crippen molar-refractivity contribution in [1.82, 2.24) is 0 Å². The molecule has 116 valence electrons. The number of benzene rings is 1. The van der Waals surface area contributed by atoms with Crippen molar-refractivity contribution in [3.05, 3.63) is 36.0 Å². The molecule has 0 bridgehead atoms. The van der Waals surface area contributed by atoms with Gasteiger partial charge in [-0.1, -0.05) is 26.8 Å². The number of ether oxygens (including phenoxy) is 1. The summed E-state index contributed by atoms with van der Waals surface area (Å²) < 4.78 is 5.52.